The van der Waals surface area contributed by atoms with Crippen molar-refractivity contribution in [2.45, 2.75) is 24.6 Å². The molecule has 1 aliphatic heterocycles. The molecule has 122 valence electrons. The Hall–Kier alpha value is -1.64. The molecule has 2 atom stereocenters. The fourth-order valence-electron chi connectivity index (χ4n) is 1.98. The fraction of sp³-hybridized carbons (Fsp3) is 0.385. The van der Waals surface area contributed by atoms with Crippen molar-refractivity contribution in [1.29, 1.82) is 0 Å². The third-order valence-electron chi connectivity index (χ3n) is 3.23. The van der Waals surface area contributed by atoms with Gasteiger partial charge in [-0.05, 0) is 25.1 Å². The maximum absolute atomic E-state index is 14.0. The highest BCUT2D eigenvalue weighted by atomic mass is 35.5. The first-order valence-corrected chi connectivity index (χ1v) is 6.05. The average molecular weight is 338 g/mol. The summed E-state index contributed by atoms with van der Waals surface area (Å²) in [4.78, 5) is 14.9. The Labute approximate surface area is 130 Å². The third-order valence-corrected chi connectivity index (χ3v) is 3.23. The summed E-state index contributed by atoms with van der Waals surface area (Å²) in [5, 5.41) is 0. The second kappa shape index (κ2) is 6.23. The predicted molar refractivity (Wildman–Crippen MR) is 76.9 cm³/mol. The van der Waals surface area contributed by atoms with E-state index in [9.17, 15) is 18.0 Å². The molecule has 22 heavy (non-hydrogen) atoms. The summed E-state index contributed by atoms with van der Waals surface area (Å²) in [7, 11) is 0. The molecule has 0 aromatic heterocycles. The Morgan fingerprint density at radius 3 is 2.55 bits per heavy atom. The van der Waals surface area contributed by atoms with Crippen LogP contribution in [0.1, 0.15) is 22.8 Å². The lowest BCUT2D eigenvalue weighted by atomic mass is 9.88. The number of rotatable bonds is 3. The zero-order chi connectivity index (χ0) is 15.8. The summed E-state index contributed by atoms with van der Waals surface area (Å²) in [5.41, 5.74) is 6.58. The molecular weight excluding hydrogens is 323 g/mol. The molecule has 0 spiro atoms. The van der Waals surface area contributed by atoms with Gasteiger partial charge in [-0.25, -0.2) is 13.2 Å². The molecular formula is C13H15ClF3N3O2. The minimum absolute atomic E-state index is 0. The molecule has 0 saturated heterocycles. The molecule has 2 rings (SSSR count). The van der Waals surface area contributed by atoms with E-state index < -0.39 is 41.6 Å². The number of amides is 1. The minimum Gasteiger partial charge on any atom is -0.366 e. The van der Waals surface area contributed by atoms with Gasteiger partial charge in [-0.1, -0.05) is 0 Å². The summed E-state index contributed by atoms with van der Waals surface area (Å²) in [5.74, 6) is -1.79. The van der Waals surface area contributed by atoms with Gasteiger partial charge < -0.3 is 10.5 Å². The van der Waals surface area contributed by atoms with Crippen LogP contribution in [0.4, 0.5) is 13.2 Å². The van der Waals surface area contributed by atoms with Gasteiger partial charge in [-0.15, -0.1) is 12.4 Å². The first-order chi connectivity index (χ1) is 9.68. The van der Waals surface area contributed by atoms with Crippen molar-refractivity contribution in [1.82, 2.24) is 0 Å². The molecule has 1 heterocycles. The van der Waals surface area contributed by atoms with Crippen LogP contribution in [0.25, 0.3) is 0 Å². The molecule has 0 bridgehead atoms. The maximum atomic E-state index is 14.0. The molecule has 0 radical (unpaired) electrons. The van der Waals surface area contributed by atoms with Crippen LogP contribution in [0.5, 0.6) is 0 Å². The zero-order valence-electron chi connectivity index (χ0n) is 11.6. The van der Waals surface area contributed by atoms with Gasteiger partial charge >= 0.3 is 0 Å². The number of carbonyl (C=O) groups is 1. The number of hydrogen-bond donors (Lipinski definition) is 2. The molecule has 0 unspecified atom stereocenters. The van der Waals surface area contributed by atoms with E-state index in [0.717, 1.165) is 24.4 Å². The van der Waals surface area contributed by atoms with E-state index in [1.807, 2.05) is 0 Å². The van der Waals surface area contributed by atoms with Crippen molar-refractivity contribution >= 4 is 24.5 Å². The van der Waals surface area contributed by atoms with Crippen LogP contribution < -0.4 is 11.5 Å². The molecule has 9 heteroatoms. The normalized spacial score (nSPS) is 27.5. The number of halogens is 4. The van der Waals surface area contributed by atoms with Crippen LogP contribution in [0, 0.1) is 5.82 Å². The number of hydrogen-bond acceptors (Lipinski definition) is 4. The zero-order valence-corrected chi connectivity index (χ0v) is 12.4. The lowest BCUT2D eigenvalue weighted by Crippen LogP contribution is -2.52. The highest BCUT2D eigenvalue weighted by molar-refractivity contribution is 5.93. The van der Waals surface area contributed by atoms with E-state index >= 15 is 0 Å². The Morgan fingerprint density at radius 1 is 1.45 bits per heavy atom. The van der Waals surface area contributed by atoms with Crippen LogP contribution in [-0.2, 0) is 10.3 Å². The molecule has 0 saturated carbocycles. The number of ether oxygens (including phenoxy) is 1. The van der Waals surface area contributed by atoms with E-state index in [2.05, 4.69) is 4.99 Å². The summed E-state index contributed by atoms with van der Waals surface area (Å²) >= 11 is 0. The van der Waals surface area contributed by atoms with E-state index in [1.54, 1.807) is 0 Å². The summed E-state index contributed by atoms with van der Waals surface area (Å²) in [6.07, 6.45) is -2.05. The van der Waals surface area contributed by atoms with Crippen molar-refractivity contribution in [2.75, 3.05) is 6.61 Å². The first-order valence-electron chi connectivity index (χ1n) is 6.05. The first kappa shape index (κ1) is 18.4. The number of primary amides is 1. The van der Waals surface area contributed by atoms with Crippen molar-refractivity contribution in [2.24, 2.45) is 16.5 Å². The van der Waals surface area contributed by atoms with Crippen LogP contribution >= 0.6 is 12.4 Å². The quantitative estimate of drug-likeness (QED) is 0.877. The minimum atomic E-state index is -3.05. The van der Waals surface area contributed by atoms with Crippen LogP contribution in [0.3, 0.4) is 0 Å². The van der Waals surface area contributed by atoms with Crippen molar-refractivity contribution in [3.63, 3.8) is 0 Å². The Balaban J connectivity index is 0.00000242. The number of carbonyl (C=O) groups excluding carboxylic acids is 1. The van der Waals surface area contributed by atoms with Crippen LogP contribution in [0.15, 0.2) is 23.2 Å². The number of alkyl halides is 2. The molecule has 1 aromatic rings. The molecule has 1 aliphatic rings. The van der Waals surface area contributed by atoms with Gasteiger partial charge in [-0.3, -0.25) is 15.5 Å². The molecule has 1 aromatic carbocycles. The van der Waals surface area contributed by atoms with Gasteiger partial charge in [0.15, 0.2) is 5.54 Å². The largest absolute Gasteiger partial charge is 0.366 e. The highest BCUT2D eigenvalue weighted by Gasteiger charge is 2.47. The lowest BCUT2D eigenvalue weighted by Gasteiger charge is -2.37. The van der Waals surface area contributed by atoms with Gasteiger partial charge in [-0.2, -0.15) is 0 Å². The van der Waals surface area contributed by atoms with Crippen molar-refractivity contribution in [3.8, 4) is 0 Å². The van der Waals surface area contributed by atoms with Gasteiger partial charge in [0.25, 0.3) is 6.43 Å². The number of nitrogens with zero attached hydrogens (tertiary/aromatic N) is 1. The molecule has 1 amide bonds. The highest BCUT2D eigenvalue weighted by Crippen LogP contribution is 2.38. The summed E-state index contributed by atoms with van der Waals surface area (Å²) in [6, 6.07) is 2.97. The van der Waals surface area contributed by atoms with E-state index in [1.165, 1.54) is 6.92 Å². The maximum Gasteiger partial charge on any atom is 0.269 e. The smallest absolute Gasteiger partial charge is 0.269 e. The summed E-state index contributed by atoms with van der Waals surface area (Å²) < 4.78 is 46.1. The van der Waals surface area contributed by atoms with E-state index in [0.29, 0.717) is 0 Å². The third kappa shape index (κ3) is 3.23. The Kier molecular flexibility index (Phi) is 5.21. The average Bonchev–Trinajstić information content (AvgIpc) is 2.39. The summed E-state index contributed by atoms with van der Waals surface area (Å²) in [6.45, 7) is 0.815. The van der Waals surface area contributed by atoms with Gasteiger partial charge in [0.2, 0.25) is 5.91 Å². The lowest BCUT2D eigenvalue weighted by molar-refractivity contribution is -0.0669. The number of nitrogens with two attached hydrogens (primary N) is 2. The Morgan fingerprint density at radius 2 is 2.09 bits per heavy atom. The standard InChI is InChI=1S/C13H14F3N3O2.ClH/c1-12(18)5-19-13(6-21-12,11(15)16)8-4-7(10(17)20)2-3-9(8)14;/h2-5,11H,6,18H2,1H3,(H2,17,20);1H/t12-,13+;/m1./s1. The van der Waals surface area contributed by atoms with Crippen molar-refractivity contribution < 1.29 is 22.7 Å². The van der Waals surface area contributed by atoms with Crippen LogP contribution in [0.2, 0.25) is 0 Å². The molecule has 0 fully saturated rings. The number of aliphatic imine (C=N–C) groups is 1. The fourth-order valence-corrected chi connectivity index (χ4v) is 1.98. The van der Waals surface area contributed by atoms with Gasteiger partial charge in [0.1, 0.15) is 11.5 Å². The van der Waals surface area contributed by atoms with Gasteiger partial charge in [0, 0.05) is 17.3 Å². The molecule has 4 N–H and O–H groups in total. The molecule has 5 nitrogen and oxygen atoms in total. The predicted octanol–water partition coefficient (Wildman–Crippen LogP) is 1.58. The topological polar surface area (TPSA) is 90.7 Å². The van der Waals surface area contributed by atoms with E-state index in [4.69, 9.17) is 16.2 Å². The van der Waals surface area contributed by atoms with E-state index in [-0.39, 0.29) is 18.0 Å². The second-order valence-corrected chi connectivity index (χ2v) is 5.01. The Bertz CT molecular complexity index is 610. The number of benzene rings is 1. The SMILES string of the molecule is C[C@]1(N)C=N[C@@](c2cc(C(N)=O)ccc2F)(C(F)F)CO1.Cl. The monoisotopic (exact) mass is 337 g/mol. The van der Waals surface area contributed by atoms with Crippen LogP contribution in [-0.4, -0.2) is 30.9 Å². The van der Waals surface area contributed by atoms with Gasteiger partial charge in [0.05, 0.1) is 6.61 Å². The second-order valence-electron chi connectivity index (χ2n) is 5.01. The van der Waals surface area contributed by atoms with Crippen molar-refractivity contribution in [3.05, 3.63) is 35.1 Å². The molecule has 0 aliphatic carbocycles.